The van der Waals surface area contributed by atoms with Crippen molar-refractivity contribution in [2.45, 2.75) is 38.9 Å². The zero-order chi connectivity index (χ0) is 29.7. The van der Waals surface area contributed by atoms with Crippen molar-refractivity contribution in [2.24, 2.45) is 0 Å². The Labute approximate surface area is 250 Å². The first-order valence-corrected chi connectivity index (χ1v) is 14.7. The zero-order valence-corrected chi connectivity index (χ0v) is 24.5. The van der Waals surface area contributed by atoms with Crippen LogP contribution in [0.2, 0.25) is 0 Å². The lowest BCUT2D eigenvalue weighted by molar-refractivity contribution is 0.00578. The van der Waals surface area contributed by atoms with Crippen LogP contribution in [0.5, 0.6) is 0 Å². The fourth-order valence-electron chi connectivity index (χ4n) is 6.89. The summed E-state index contributed by atoms with van der Waals surface area (Å²) in [5, 5.41) is 3.80. The molecule has 6 aromatic rings. The third kappa shape index (κ3) is 3.65. The Morgan fingerprint density at radius 1 is 0.465 bits per heavy atom. The molecule has 0 atom stereocenters. The highest BCUT2D eigenvalue weighted by Gasteiger charge is 2.52. The van der Waals surface area contributed by atoms with Crippen molar-refractivity contribution in [2.75, 3.05) is 0 Å². The highest BCUT2D eigenvalue weighted by molar-refractivity contribution is 6.65. The molecule has 0 unspecified atom stereocenters. The lowest BCUT2D eigenvalue weighted by atomic mass is 9.75. The van der Waals surface area contributed by atoms with Gasteiger partial charge in [-0.05, 0) is 89.1 Å². The first kappa shape index (κ1) is 26.3. The van der Waals surface area contributed by atoms with Crippen molar-refractivity contribution in [3.8, 4) is 44.5 Å². The molecule has 1 aliphatic carbocycles. The third-order valence-electron chi connectivity index (χ3n) is 9.62. The molecule has 1 heterocycles. The molecule has 1 saturated heterocycles. The summed E-state index contributed by atoms with van der Waals surface area (Å²) in [7, 11) is -0.547. The molecule has 8 rings (SSSR count). The fraction of sp³-hybridized carbons (Fsp3) is 0.158. The van der Waals surface area contributed by atoms with Gasteiger partial charge in [0.1, 0.15) is 11.6 Å². The first-order chi connectivity index (χ1) is 20.7. The Hall–Kier alpha value is -4.32. The molecule has 5 heteroatoms. The summed E-state index contributed by atoms with van der Waals surface area (Å²) in [5.74, 6) is -0.593. The van der Waals surface area contributed by atoms with Crippen LogP contribution >= 0.6 is 0 Å². The summed E-state index contributed by atoms with van der Waals surface area (Å²) in [4.78, 5) is 0. The van der Waals surface area contributed by atoms with Crippen LogP contribution < -0.4 is 5.46 Å². The van der Waals surface area contributed by atoms with E-state index >= 15 is 8.78 Å². The standard InChI is InChI=1S/C38H29BF2O2/c1-37(2)38(3,4)43-39(42-37)29-21-20-28-32-24(29)16-11-17-27(32)35-33(25-14-7-9-18-30(25)40)22-12-5-6-13-23(22)34(36(28)35)26-15-8-10-19-31(26)41/h5-21H,1-4H3. The van der Waals surface area contributed by atoms with E-state index in [0.29, 0.717) is 11.1 Å². The normalized spacial score (nSPS) is 16.3. The maximum absolute atomic E-state index is 15.7. The second-order valence-corrected chi connectivity index (χ2v) is 12.5. The molecule has 0 spiro atoms. The summed E-state index contributed by atoms with van der Waals surface area (Å²) in [6, 6.07) is 32.2. The summed E-state index contributed by atoms with van der Waals surface area (Å²) in [6.45, 7) is 8.21. The molecule has 0 aromatic heterocycles. The molecule has 210 valence electrons. The van der Waals surface area contributed by atoms with E-state index in [1.165, 1.54) is 12.1 Å². The van der Waals surface area contributed by atoms with E-state index < -0.39 is 18.3 Å². The van der Waals surface area contributed by atoms with Crippen molar-refractivity contribution in [1.82, 2.24) is 0 Å². The highest BCUT2D eigenvalue weighted by atomic mass is 19.1. The zero-order valence-electron chi connectivity index (χ0n) is 24.5. The number of hydrogen-bond donors (Lipinski definition) is 0. The van der Waals surface area contributed by atoms with Gasteiger partial charge in [0.15, 0.2) is 0 Å². The lowest BCUT2D eigenvalue weighted by Gasteiger charge is -2.32. The Morgan fingerprint density at radius 2 is 0.907 bits per heavy atom. The monoisotopic (exact) mass is 566 g/mol. The van der Waals surface area contributed by atoms with Crippen molar-refractivity contribution in [3.63, 3.8) is 0 Å². The van der Waals surface area contributed by atoms with Crippen molar-refractivity contribution >= 4 is 34.1 Å². The number of halogens is 2. The van der Waals surface area contributed by atoms with E-state index in [1.807, 2.05) is 54.6 Å². The molecule has 43 heavy (non-hydrogen) atoms. The SMILES string of the molecule is CC1(C)OB(c2ccc3c4c(cccc24)-c2c-3c(-c3ccccc3F)c3ccccc3c2-c2ccccc2F)OC1(C)C. The predicted octanol–water partition coefficient (Wildman–Crippen LogP) is 9.55. The molecule has 2 aliphatic rings. The van der Waals surface area contributed by atoms with Gasteiger partial charge in [-0.25, -0.2) is 8.78 Å². The Bertz CT molecular complexity index is 2020. The van der Waals surface area contributed by atoms with Gasteiger partial charge in [-0.1, -0.05) is 91.0 Å². The van der Waals surface area contributed by atoms with E-state index in [-0.39, 0.29) is 11.6 Å². The smallest absolute Gasteiger partial charge is 0.399 e. The fourth-order valence-corrected chi connectivity index (χ4v) is 6.89. The van der Waals surface area contributed by atoms with Gasteiger partial charge in [-0.2, -0.15) is 0 Å². The second-order valence-electron chi connectivity index (χ2n) is 12.5. The minimum absolute atomic E-state index is 0.297. The maximum atomic E-state index is 15.7. The van der Waals surface area contributed by atoms with Crippen LogP contribution in [0.1, 0.15) is 27.7 Å². The summed E-state index contributed by atoms with van der Waals surface area (Å²) >= 11 is 0. The van der Waals surface area contributed by atoms with Crippen molar-refractivity contribution in [1.29, 1.82) is 0 Å². The van der Waals surface area contributed by atoms with Crippen LogP contribution in [0.3, 0.4) is 0 Å². The van der Waals surface area contributed by atoms with Gasteiger partial charge < -0.3 is 9.31 Å². The Balaban J connectivity index is 1.52. The molecule has 0 amide bonds. The molecule has 0 saturated carbocycles. The predicted molar refractivity (Wildman–Crippen MR) is 172 cm³/mol. The molecule has 0 bridgehead atoms. The van der Waals surface area contributed by atoms with Gasteiger partial charge in [0, 0.05) is 22.3 Å². The van der Waals surface area contributed by atoms with Gasteiger partial charge in [-0.15, -0.1) is 0 Å². The molecular weight excluding hydrogens is 537 g/mol. The average molecular weight is 566 g/mol. The topological polar surface area (TPSA) is 18.5 Å². The quantitative estimate of drug-likeness (QED) is 0.198. The van der Waals surface area contributed by atoms with E-state index in [2.05, 4.69) is 52.0 Å². The van der Waals surface area contributed by atoms with Crippen LogP contribution in [0.4, 0.5) is 8.78 Å². The summed E-state index contributed by atoms with van der Waals surface area (Å²) in [6.07, 6.45) is 0. The Kier molecular flexibility index (Phi) is 5.57. The maximum Gasteiger partial charge on any atom is 0.495 e. The van der Waals surface area contributed by atoms with Gasteiger partial charge in [0.25, 0.3) is 0 Å². The molecule has 0 N–H and O–H groups in total. The number of rotatable bonds is 3. The summed E-state index contributed by atoms with van der Waals surface area (Å²) < 4.78 is 44.4. The largest absolute Gasteiger partial charge is 0.495 e. The van der Waals surface area contributed by atoms with E-state index in [1.54, 1.807) is 12.1 Å². The van der Waals surface area contributed by atoms with E-state index in [4.69, 9.17) is 9.31 Å². The van der Waals surface area contributed by atoms with Crippen LogP contribution in [0, 0.1) is 11.6 Å². The molecule has 1 aliphatic heterocycles. The van der Waals surface area contributed by atoms with Crippen LogP contribution in [-0.4, -0.2) is 18.3 Å². The number of benzene rings is 6. The molecular formula is C38H29BF2O2. The van der Waals surface area contributed by atoms with Gasteiger partial charge in [0.2, 0.25) is 0 Å². The lowest BCUT2D eigenvalue weighted by Crippen LogP contribution is -2.41. The number of hydrogen-bond acceptors (Lipinski definition) is 2. The molecule has 2 nitrogen and oxygen atoms in total. The highest BCUT2D eigenvalue weighted by Crippen LogP contribution is 2.58. The van der Waals surface area contributed by atoms with Crippen LogP contribution in [0.25, 0.3) is 66.1 Å². The minimum Gasteiger partial charge on any atom is -0.399 e. The second kappa shape index (κ2) is 9.09. The van der Waals surface area contributed by atoms with E-state index in [0.717, 1.165) is 60.4 Å². The molecule has 6 aromatic carbocycles. The molecule has 0 radical (unpaired) electrons. The van der Waals surface area contributed by atoms with Crippen LogP contribution in [-0.2, 0) is 9.31 Å². The minimum atomic E-state index is -0.547. The van der Waals surface area contributed by atoms with E-state index in [9.17, 15) is 0 Å². The van der Waals surface area contributed by atoms with Gasteiger partial charge >= 0.3 is 7.12 Å². The van der Waals surface area contributed by atoms with Crippen LogP contribution in [0.15, 0.2) is 103 Å². The third-order valence-corrected chi connectivity index (χ3v) is 9.62. The van der Waals surface area contributed by atoms with Gasteiger partial charge in [-0.3, -0.25) is 0 Å². The first-order valence-electron chi connectivity index (χ1n) is 14.7. The summed E-state index contributed by atoms with van der Waals surface area (Å²) in [5.41, 5.74) is 6.42. The Morgan fingerprint density at radius 3 is 1.44 bits per heavy atom. The number of fused-ring (bicyclic) bond motifs is 4. The van der Waals surface area contributed by atoms with Gasteiger partial charge in [0.05, 0.1) is 11.2 Å². The van der Waals surface area contributed by atoms with Crippen molar-refractivity contribution < 1.29 is 18.1 Å². The molecule has 1 fully saturated rings. The van der Waals surface area contributed by atoms with Crippen molar-refractivity contribution in [3.05, 3.63) is 115 Å². The average Bonchev–Trinajstić information content (AvgIpc) is 3.43.